The summed E-state index contributed by atoms with van der Waals surface area (Å²) in [7, 11) is 1.70. The Bertz CT molecular complexity index is 923. The highest BCUT2D eigenvalue weighted by Crippen LogP contribution is 2.16. The summed E-state index contributed by atoms with van der Waals surface area (Å²) in [6.45, 7) is 2.47. The third-order valence-electron chi connectivity index (χ3n) is 3.80. The maximum Gasteiger partial charge on any atom is 0.329 e. The molecule has 0 unspecified atom stereocenters. The van der Waals surface area contributed by atoms with Crippen LogP contribution in [-0.4, -0.2) is 21.6 Å². The minimum Gasteiger partial charge on any atom is -0.494 e. The summed E-state index contributed by atoms with van der Waals surface area (Å²) in [6.07, 6.45) is 0. The number of hydrogen-bond donors (Lipinski definition) is 1. The molecule has 3 aromatic rings. The Balaban J connectivity index is 1.78. The lowest BCUT2D eigenvalue weighted by Crippen LogP contribution is -2.28. The Morgan fingerprint density at radius 3 is 2.42 bits per heavy atom. The van der Waals surface area contributed by atoms with Crippen LogP contribution in [0.1, 0.15) is 6.92 Å². The van der Waals surface area contributed by atoms with Gasteiger partial charge in [0.25, 0.3) is 0 Å². The topological polar surface area (TPSA) is 65.3 Å². The van der Waals surface area contributed by atoms with Crippen LogP contribution in [0.15, 0.2) is 53.3 Å². The minimum atomic E-state index is -0.252. The highest BCUT2D eigenvalue weighted by Gasteiger charge is 2.13. The maximum absolute atomic E-state index is 12.3. The molecule has 0 saturated carbocycles. The van der Waals surface area contributed by atoms with E-state index in [0.717, 1.165) is 16.8 Å². The van der Waals surface area contributed by atoms with Gasteiger partial charge in [-0.25, -0.2) is 4.79 Å². The van der Waals surface area contributed by atoms with Crippen molar-refractivity contribution in [3.8, 4) is 5.75 Å². The monoisotopic (exact) mass is 325 g/mol. The molecule has 1 amide bonds. The Hall–Kier alpha value is -3.02. The molecular weight excluding hydrogens is 306 g/mol. The lowest BCUT2D eigenvalue weighted by atomic mass is 10.3. The maximum atomic E-state index is 12.3. The van der Waals surface area contributed by atoms with Gasteiger partial charge in [-0.15, -0.1) is 0 Å². The van der Waals surface area contributed by atoms with Crippen LogP contribution in [0.2, 0.25) is 0 Å². The van der Waals surface area contributed by atoms with Crippen molar-refractivity contribution >= 4 is 22.6 Å². The SMILES string of the molecule is CCOc1ccc(NC(=O)Cn2c(=O)n(C)c3ccccc32)cc1. The van der Waals surface area contributed by atoms with E-state index in [-0.39, 0.29) is 18.1 Å². The number of imidazole rings is 1. The summed E-state index contributed by atoms with van der Waals surface area (Å²) >= 11 is 0. The molecule has 0 radical (unpaired) electrons. The molecule has 0 saturated heterocycles. The number of anilines is 1. The quantitative estimate of drug-likeness (QED) is 0.783. The lowest BCUT2D eigenvalue weighted by Gasteiger charge is -2.08. The Labute approximate surface area is 139 Å². The van der Waals surface area contributed by atoms with Gasteiger partial charge in [-0.1, -0.05) is 12.1 Å². The van der Waals surface area contributed by atoms with Gasteiger partial charge in [-0.05, 0) is 43.3 Å². The van der Waals surface area contributed by atoms with E-state index < -0.39 is 0 Å². The number of para-hydroxylation sites is 2. The molecule has 0 bridgehead atoms. The van der Waals surface area contributed by atoms with Crippen molar-refractivity contribution in [1.82, 2.24) is 9.13 Å². The minimum absolute atomic E-state index is 0.0343. The first-order valence-corrected chi connectivity index (χ1v) is 7.77. The molecule has 24 heavy (non-hydrogen) atoms. The van der Waals surface area contributed by atoms with Gasteiger partial charge in [0.1, 0.15) is 12.3 Å². The number of benzene rings is 2. The zero-order chi connectivity index (χ0) is 17.1. The van der Waals surface area contributed by atoms with Gasteiger partial charge >= 0.3 is 5.69 Å². The highest BCUT2D eigenvalue weighted by molar-refractivity contribution is 5.91. The number of aromatic nitrogens is 2. The third kappa shape index (κ3) is 3.03. The fourth-order valence-corrected chi connectivity index (χ4v) is 2.66. The van der Waals surface area contributed by atoms with Crippen LogP contribution in [-0.2, 0) is 18.4 Å². The number of ether oxygens (including phenoxy) is 1. The van der Waals surface area contributed by atoms with Crippen LogP contribution >= 0.6 is 0 Å². The van der Waals surface area contributed by atoms with E-state index in [1.807, 2.05) is 31.2 Å². The van der Waals surface area contributed by atoms with E-state index in [1.165, 1.54) is 4.57 Å². The molecule has 1 aromatic heterocycles. The van der Waals surface area contributed by atoms with Crippen molar-refractivity contribution in [3.05, 3.63) is 59.0 Å². The van der Waals surface area contributed by atoms with E-state index in [4.69, 9.17) is 4.74 Å². The summed E-state index contributed by atoms with van der Waals surface area (Å²) in [6, 6.07) is 14.5. The van der Waals surface area contributed by atoms with Crippen LogP contribution in [0.4, 0.5) is 5.69 Å². The molecule has 0 atom stereocenters. The number of nitrogens with zero attached hydrogens (tertiary/aromatic N) is 2. The van der Waals surface area contributed by atoms with Gasteiger partial charge in [-0.2, -0.15) is 0 Å². The fourth-order valence-electron chi connectivity index (χ4n) is 2.66. The molecule has 0 aliphatic rings. The number of nitrogens with one attached hydrogen (secondary N) is 1. The number of hydrogen-bond acceptors (Lipinski definition) is 3. The van der Waals surface area contributed by atoms with Crippen LogP contribution in [0.3, 0.4) is 0 Å². The molecule has 1 heterocycles. The first-order chi connectivity index (χ1) is 11.6. The molecule has 124 valence electrons. The molecule has 3 rings (SSSR count). The van der Waals surface area contributed by atoms with Crippen LogP contribution in [0.25, 0.3) is 11.0 Å². The van der Waals surface area contributed by atoms with Crippen LogP contribution in [0.5, 0.6) is 5.75 Å². The molecule has 6 nitrogen and oxygen atoms in total. The van der Waals surface area contributed by atoms with Crippen molar-refractivity contribution in [2.45, 2.75) is 13.5 Å². The van der Waals surface area contributed by atoms with Gasteiger partial charge in [-0.3, -0.25) is 13.9 Å². The van der Waals surface area contributed by atoms with Crippen molar-refractivity contribution < 1.29 is 9.53 Å². The molecule has 0 aliphatic heterocycles. The second kappa shape index (κ2) is 6.62. The molecule has 2 aromatic carbocycles. The molecule has 0 aliphatic carbocycles. The van der Waals surface area contributed by atoms with Gasteiger partial charge in [0, 0.05) is 12.7 Å². The number of aryl methyl sites for hydroxylation is 1. The molecular formula is C18H19N3O3. The van der Waals surface area contributed by atoms with E-state index in [1.54, 1.807) is 35.9 Å². The van der Waals surface area contributed by atoms with Crippen LogP contribution in [0, 0.1) is 0 Å². The number of carbonyl (C=O) groups is 1. The average molecular weight is 325 g/mol. The van der Waals surface area contributed by atoms with Crippen molar-refractivity contribution in [2.24, 2.45) is 7.05 Å². The third-order valence-corrected chi connectivity index (χ3v) is 3.80. The number of amides is 1. The predicted octanol–water partition coefficient (Wildman–Crippen LogP) is 2.38. The van der Waals surface area contributed by atoms with Gasteiger partial charge in [0.2, 0.25) is 5.91 Å². The van der Waals surface area contributed by atoms with E-state index >= 15 is 0 Å². The molecule has 1 N–H and O–H groups in total. The van der Waals surface area contributed by atoms with Crippen molar-refractivity contribution in [3.63, 3.8) is 0 Å². The Kier molecular flexibility index (Phi) is 4.37. The summed E-state index contributed by atoms with van der Waals surface area (Å²) in [4.78, 5) is 24.6. The van der Waals surface area contributed by atoms with E-state index in [2.05, 4.69) is 5.32 Å². The standard InChI is InChI=1S/C18H19N3O3/c1-3-24-14-10-8-13(9-11-14)19-17(22)12-21-16-7-5-4-6-15(16)20(2)18(21)23/h4-11H,3,12H2,1-2H3,(H,19,22). The zero-order valence-corrected chi connectivity index (χ0v) is 13.7. The second-order valence-corrected chi connectivity index (χ2v) is 5.42. The van der Waals surface area contributed by atoms with Gasteiger partial charge in [0.15, 0.2) is 0 Å². The van der Waals surface area contributed by atoms with E-state index in [9.17, 15) is 9.59 Å². The van der Waals surface area contributed by atoms with Gasteiger partial charge in [0.05, 0.1) is 17.6 Å². The predicted molar refractivity (Wildman–Crippen MR) is 93.4 cm³/mol. The first kappa shape index (κ1) is 15.9. The van der Waals surface area contributed by atoms with E-state index in [0.29, 0.717) is 12.3 Å². The number of rotatable bonds is 5. The summed E-state index contributed by atoms with van der Waals surface area (Å²) in [5, 5.41) is 2.80. The Morgan fingerprint density at radius 2 is 1.75 bits per heavy atom. The molecule has 6 heteroatoms. The summed E-state index contributed by atoms with van der Waals surface area (Å²) in [5.74, 6) is 0.499. The molecule has 0 fully saturated rings. The zero-order valence-electron chi connectivity index (χ0n) is 13.7. The van der Waals surface area contributed by atoms with Crippen molar-refractivity contribution in [1.29, 1.82) is 0 Å². The number of fused-ring (bicyclic) bond motifs is 1. The highest BCUT2D eigenvalue weighted by atomic mass is 16.5. The smallest absolute Gasteiger partial charge is 0.329 e. The number of carbonyl (C=O) groups excluding carboxylic acids is 1. The van der Waals surface area contributed by atoms with Gasteiger partial charge < -0.3 is 10.1 Å². The largest absolute Gasteiger partial charge is 0.494 e. The summed E-state index contributed by atoms with van der Waals surface area (Å²) in [5.41, 5.74) is 2.00. The molecule has 0 spiro atoms. The average Bonchev–Trinajstić information content (AvgIpc) is 2.82. The first-order valence-electron chi connectivity index (χ1n) is 7.77. The lowest BCUT2D eigenvalue weighted by molar-refractivity contribution is -0.116. The Morgan fingerprint density at radius 1 is 1.08 bits per heavy atom. The second-order valence-electron chi connectivity index (χ2n) is 5.42. The summed E-state index contributed by atoms with van der Waals surface area (Å²) < 4.78 is 8.38. The van der Waals surface area contributed by atoms with Crippen molar-refractivity contribution in [2.75, 3.05) is 11.9 Å². The fraction of sp³-hybridized carbons (Fsp3) is 0.222. The normalized spacial score (nSPS) is 10.8. The van der Waals surface area contributed by atoms with Crippen LogP contribution < -0.4 is 15.7 Å².